The first-order chi connectivity index (χ1) is 7.74. The van der Waals surface area contributed by atoms with E-state index in [-0.39, 0.29) is 11.5 Å². The zero-order chi connectivity index (χ0) is 11.2. The summed E-state index contributed by atoms with van der Waals surface area (Å²) >= 11 is 0. The van der Waals surface area contributed by atoms with Crippen molar-refractivity contribution in [3.63, 3.8) is 0 Å². The van der Waals surface area contributed by atoms with Crippen molar-refractivity contribution in [2.24, 2.45) is 0 Å². The lowest BCUT2D eigenvalue weighted by Gasteiger charge is -2.39. The van der Waals surface area contributed by atoms with Crippen LogP contribution in [0.5, 0.6) is 0 Å². The third kappa shape index (κ3) is 1.11. The fourth-order valence-electron chi connectivity index (χ4n) is 3.04. The molecule has 0 atom stereocenters. The molecule has 1 fully saturated rings. The lowest BCUT2D eigenvalue weighted by Crippen LogP contribution is -2.45. The fraction of sp³-hybridized carbons (Fsp3) is 0.462. The number of rotatable bonds is 0. The lowest BCUT2D eigenvalue weighted by molar-refractivity contribution is -0.124. The zero-order valence-electron chi connectivity index (χ0n) is 9.15. The van der Waals surface area contributed by atoms with E-state index in [1.54, 1.807) is 0 Å². The Morgan fingerprint density at radius 1 is 1.25 bits per heavy atom. The van der Waals surface area contributed by atoms with E-state index < -0.39 is 5.54 Å². The molecule has 1 N–H and O–H groups in total. The predicted octanol–water partition coefficient (Wildman–Crippen LogP) is 2.63. The molecule has 3 rings (SSSR count). The van der Waals surface area contributed by atoms with Crippen LogP contribution in [0.1, 0.15) is 37.8 Å². The van der Waals surface area contributed by atoms with E-state index >= 15 is 0 Å². The van der Waals surface area contributed by atoms with Crippen molar-refractivity contribution in [1.82, 2.24) is 4.57 Å². The topological polar surface area (TPSA) is 42.2 Å². The first-order valence-corrected chi connectivity index (χ1v) is 5.87. The molecule has 84 valence electrons. The zero-order valence-corrected chi connectivity index (χ0v) is 9.15. The minimum Gasteiger partial charge on any atom is -0.506 e. The minimum absolute atomic E-state index is 0.0633. The monoisotopic (exact) mass is 217 g/mol. The molecule has 3 heteroatoms. The molecule has 1 aromatic rings. The van der Waals surface area contributed by atoms with Crippen molar-refractivity contribution < 1.29 is 9.90 Å². The molecule has 3 nitrogen and oxygen atoms in total. The number of aliphatic hydroxyl groups excluding tert-OH is 1. The number of carbonyl (C=O) groups is 1. The molecule has 1 spiro atoms. The van der Waals surface area contributed by atoms with Crippen molar-refractivity contribution >= 4 is 11.5 Å². The van der Waals surface area contributed by atoms with Crippen LogP contribution in [-0.2, 0) is 10.3 Å². The third-order valence-electron chi connectivity index (χ3n) is 3.88. The molecule has 0 radical (unpaired) electrons. The van der Waals surface area contributed by atoms with Crippen LogP contribution in [-0.4, -0.2) is 15.5 Å². The van der Waals surface area contributed by atoms with Crippen molar-refractivity contribution in [3.8, 4) is 0 Å². The van der Waals surface area contributed by atoms with Gasteiger partial charge in [-0.2, -0.15) is 0 Å². The number of aromatic nitrogens is 1. The third-order valence-corrected chi connectivity index (χ3v) is 3.88. The van der Waals surface area contributed by atoms with E-state index in [4.69, 9.17) is 0 Å². The van der Waals surface area contributed by atoms with E-state index in [0.717, 1.165) is 31.4 Å². The van der Waals surface area contributed by atoms with Crippen LogP contribution in [0.4, 0.5) is 0 Å². The van der Waals surface area contributed by atoms with E-state index in [1.807, 2.05) is 22.9 Å². The number of hydrogen-bond acceptors (Lipinski definition) is 2. The molecule has 0 aromatic carbocycles. The summed E-state index contributed by atoms with van der Waals surface area (Å²) < 4.78 is 1.98. The number of allylic oxidation sites excluding steroid dienone is 1. The van der Waals surface area contributed by atoms with Crippen LogP contribution >= 0.6 is 0 Å². The molecule has 1 aliphatic heterocycles. The van der Waals surface area contributed by atoms with E-state index in [0.29, 0.717) is 0 Å². The normalized spacial score (nSPS) is 23.0. The van der Waals surface area contributed by atoms with Crippen molar-refractivity contribution in [2.75, 3.05) is 0 Å². The molecular formula is C13H15NO2. The summed E-state index contributed by atoms with van der Waals surface area (Å²) in [5.74, 6) is 0.166. The maximum absolute atomic E-state index is 12.2. The smallest absolute Gasteiger partial charge is 0.185 e. The van der Waals surface area contributed by atoms with Crippen LogP contribution in [0.15, 0.2) is 24.4 Å². The quantitative estimate of drug-likeness (QED) is 0.725. The van der Waals surface area contributed by atoms with Gasteiger partial charge in [-0.1, -0.05) is 19.3 Å². The van der Waals surface area contributed by atoms with Gasteiger partial charge in [0.05, 0.1) is 5.69 Å². The summed E-state index contributed by atoms with van der Waals surface area (Å²) in [4.78, 5) is 12.2. The van der Waals surface area contributed by atoms with E-state index in [9.17, 15) is 9.90 Å². The Hall–Kier alpha value is -1.51. The summed E-state index contributed by atoms with van der Waals surface area (Å²) in [6, 6.07) is 3.77. The van der Waals surface area contributed by atoms with Crippen molar-refractivity contribution in [1.29, 1.82) is 0 Å². The maximum Gasteiger partial charge on any atom is 0.185 e. The van der Waals surface area contributed by atoms with Crippen molar-refractivity contribution in [3.05, 3.63) is 30.1 Å². The van der Waals surface area contributed by atoms with Crippen molar-refractivity contribution in [2.45, 2.75) is 37.6 Å². The summed E-state index contributed by atoms with van der Waals surface area (Å²) in [5, 5.41) is 9.75. The Morgan fingerprint density at radius 2 is 2.00 bits per heavy atom. The largest absolute Gasteiger partial charge is 0.506 e. The van der Waals surface area contributed by atoms with Gasteiger partial charge < -0.3 is 9.67 Å². The molecule has 2 heterocycles. The van der Waals surface area contributed by atoms with Gasteiger partial charge in [-0.15, -0.1) is 0 Å². The van der Waals surface area contributed by atoms with Gasteiger partial charge in [0.15, 0.2) is 5.78 Å². The fourth-order valence-corrected chi connectivity index (χ4v) is 3.04. The average molecular weight is 217 g/mol. The van der Waals surface area contributed by atoms with Gasteiger partial charge in [-0.3, -0.25) is 4.79 Å². The highest BCUT2D eigenvalue weighted by molar-refractivity contribution is 6.02. The molecule has 0 saturated heterocycles. The lowest BCUT2D eigenvalue weighted by atomic mass is 9.76. The maximum atomic E-state index is 12.2. The minimum atomic E-state index is -0.399. The second-order valence-corrected chi connectivity index (χ2v) is 4.75. The van der Waals surface area contributed by atoms with Crippen LogP contribution in [0.25, 0.3) is 5.76 Å². The number of nitrogens with zero attached hydrogens (tertiary/aromatic N) is 1. The molecule has 1 aliphatic carbocycles. The van der Waals surface area contributed by atoms with Gasteiger partial charge in [-0.05, 0) is 25.0 Å². The Morgan fingerprint density at radius 3 is 2.75 bits per heavy atom. The molecule has 2 aliphatic rings. The van der Waals surface area contributed by atoms with Gasteiger partial charge in [0.2, 0.25) is 0 Å². The van der Waals surface area contributed by atoms with Gasteiger partial charge >= 0.3 is 0 Å². The molecule has 0 bridgehead atoms. The highest BCUT2D eigenvalue weighted by Crippen LogP contribution is 2.41. The first-order valence-electron chi connectivity index (χ1n) is 5.87. The van der Waals surface area contributed by atoms with Gasteiger partial charge in [-0.25, -0.2) is 0 Å². The Labute approximate surface area is 94.4 Å². The van der Waals surface area contributed by atoms with Gasteiger partial charge in [0.25, 0.3) is 0 Å². The summed E-state index contributed by atoms with van der Waals surface area (Å²) in [6.07, 6.45) is 8.52. The summed E-state index contributed by atoms with van der Waals surface area (Å²) in [7, 11) is 0. The van der Waals surface area contributed by atoms with Crippen LogP contribution < -0.4 is 0 Å². The molecule has 16 heavy (non-hydrogen) atoms. The van der Waals surface area contributed by atoms with Gasteiger partial charge in [0, 0.05) is 12.3 Å². The summed E-state index contributed by atoms with van der Waals surface area (Å²) in [5.41, 5.74) is 0.380. The van der Waals surface area contributed by atoms with E-state index in [1.165, 1.54) is 12.5 Å². The molecule has 1 aromatic heterocycles. The second-order valence-electron chi connectivity index (χ2n) is 4.75. The Kier molecular flexibility index (Phi) is 1.96. The molecule has 1 saturated carbocycles. The Balaban J connectivity index is 2.16. The van der Waals surface area contributed by atoms with Crippen LogP contribution in [0.3, 0.4) is 0 Å². The average Bonchev–Trinajstić information content (AvgIpc) is 2.78. The summed E-state index contributed by atoms with van der Waals surface area (Å²) in [6.45, 7) is 0. The predicted molar refractivity (Wildman–Crippen MR) is 61.1 cm³/mol. The Bertz CT molecular complexity index is 464. The number of carbonyl (C=O) groups excluding carboxylic acids is 1. The van der Waals surface area contributed by atoms with Crippen LogP contribution in [0, 0.1) is 0 Å². The second kappa shape index (κ2) is 3.24. The highest BCUT2D eigenvalue weighted by Gasteiger charge is 2.43. The highest BCUT2D eigenvalue weighted by atomic mass is 16.3. The van der Waals surface area contributed by atoms with Crippen LogP contribution in [0.2, 0.25) is 0 Å². The molecular weight excluding hydrogens is 202 g/mol. The van der Waals surface area contributed by atoms with Gasteiger partial charge in [0.1, 0.15) is 11.3 Å². The first kappa shape index (κ1) is 9.70. The standard InChI is InChI=1S/C13H15NO2/c15-11-9-12(16)13(6-2-1-3-7-13)14-8-4-5-10(11)14/h4-5,8-9,15H,1-3,6-7H2. The molecule has 0 amide bonds. The number of aliphatic hydroxyl groups is 1. The number of hydrogen-bond donors (Lipinski definition) is 1. The number of fused-ring (bicyclic) bond motifs is 2. The number of ketones is 1. The van der Waals surface area contributed by atoms with E-state index in [2.05, 4.69) is 0 Å². The molecule has 0 unspecified atom stereocenters. The SMILES string of the molecule is O=C1C=C(O)c2cccn2C12CCCCC2.